The van der Waals surface area contributed by atoms with Gasteiger partial charge in [-0.2, -0.15) is 5.26 Å². The second-order valence-corrected chi connectivity index (χ2v) is 3.94. The summed E-state index contributed by atoms with van der Waals surface area (Å²) in [6.07, 6.45) is 0.619. The first-order valence-corrected chi connectivity index (χ1v) is 5.24. The van der Waals surface area contributed by atoms with Crippen molar-refractivity contribution in [2.24, 2.45) is 0 Å². The van der Waals surface area contributed by atoms with E-state index < -0.39 is 0 Å². The van der Waals surface area contributed by atoms with Crippen LogP contribution in [-0.2, 0) is 6.42 Å². The van der Waals surface area contributed by atoms with Crippen molar-refractivity contribution in [1.29, 1.82) is 5.26 Å². The van der Waals surface area contributed by atoms with Gasteiger partial charge in [-0.3, -0.25) is 0 Å². The van der Waals surface area contributed by atoms with E-state index in [1.54, 1.807) is 12.1 Å². The van der Waals surface area contributed by atoms with Crippen LogP contribution in [0.15, 0.2) is 17.5 Å². The minimum Gasteiger partial charge on any atom is -0.205 e. The molecule has 0 saturated heterocycles. The molecule has 0 bridgehead atoms. The lowest BCUT2D eigenvalue weighted by Crippen LogP contribution is -1.90. The third kappa shape index (κ3) is 1.19. The molecule has 2 rings (SSSR count). The molecule has 1 heterocycles. The highest BCUT2D eigenvalue weighted by molar-refractivity contribution is 7.17. The average molecular weight is 205 g/mol. The van der Waals surface area contributed by atoms with Crippen molar-refractivity contribution >= 4 is 21.4 Å². The summed E-state index contributed by atoms with van der Waals surface area (Å²) in [5, 5.41) is 11.4. The van der Waals surface area contributed by atoms with Crippen LogP contribution >= 0.6 is 11.3 Å². The first kappa shape index (κ1) is 9.17. The molecular weight excluding hydrogens is 197 g/mol. The number of hydrogen-bond acceptors (Lipinski definition) is 2. The standard InChI is InChI=1S/C11H8FNS/c1-2-7-5-8(6-13)9-3-4-14-11(9)10(7)12/h3-5H,2H2,1H3. The highest BCUT2D eigenvalue weighted by atomic mass is 32.1. The smallest absolute Gasteiger partial charge is 0.144 e. The molecule has 1 aromatic carbocycles. The van der Waals surface area contributed by atoms with Crippen molar-refractivity contribution < 1.29 is 4.39 Å². The topological polar surface area (TPSA) is 23.8 Å². The Morgan fingerprint density at radius 1 is 1.57 bits per heavy atom. The van der Waals surface area contributed by atoms with Gasteiger partial charge in [0.15, 0.2) is 0 Å². The van der Waals surface area contributed by atoms with E-state index >= 15 is 0 Å². The van der Waals surface area contributed by atoms with Crippen LogP contribution < -0.4 is 0 Å². The molecule has 0 unspecified atom stereocenters. The van der Waals surface area contributed by atoms with E-state index in [0.29, 0.717) is 22.2 Å². The highest BCUT2D eigenvalue weighted by Gasteiger charge is 2.11. The second kappa shape index (κ2) is 3.39. The third-order valence-electron chi connectivity index (χ3n) is 2.26. The van der Waals surface area contributed by atoms with Gasteiger partial charge in [0.25, 0.3) is 0 Å². The van der Waals surface area contributed by atoms with Crippen LogP contribution in [0.2, 0.25) is 0 Å². The summed E-state index contributed by atoms with van der Waals surface area (Å²) in [6.45, 7) is 1.89. The number of thiophene rings is 1. The fourth-order valence-electron chi connectivity index (χ4n) is 1.50. The molecule has 0 aliphatic rings. The fraction of sp³-hybridized carbons (Fsp3) is 0.182. The lowest BCUT2D eigenvalue weighted by Gasteiger charge is -2.02. The first-order chi connectivity index (χ1) is 6.77. The lowest BCUT2D eigenvalue weighted by molar-refractivity contribution is 0.626. The summed E-state index contributed by atoms with van der Waals surface area (Å²) in [5.41, 5.74) is 1.19. The number of rotatable bonds is 1. The van der Waals surface area contributed by atoms with Gasteiger partial charge in [-0.25, -0.2) is 4.39 Å². The summed E-state index contributed by atoms with van der Waals surface area (Å²) >= 11 is 1.35. The molecule has 14 heavy (non-hydrogen) atoms. The zero-order valence-corrected chi connectivity index (χ0v) is 8.49. The number of fused-ring (bicyclic) bond motifs is 1. The van der Waals surface area contributed by atoms with Crippen molar-refractivity contribution in [1.82, 2.24) is 0 Å². The van der Waals surface area contributed by atoms with Gasteiger partial charge in [-0.05, 0) is 29.5 Å². The molecule has 0 spiro atoms. The van der Waals surface area contributed by atoms with Gasteiger partial charge in [0.05, 0.1) is 16.3 Å². The Bertz CT molecular complexity index is 522. The maximum Gasteiger partial charge on any atom is 0.144 e. The van der Waals surface area contributed by atoms with Gasteiger partial charge >= 0.3 is 0 Å². The average Bonchev–Trinajstić information content (AvgIpc) is 2.68. The SMILES string of the molecule is CCc1cc(C#N)c2ccsc2c1F. The van der Waals surface area contributed by atoms with E-state index in [4.69, 9.17) is 5.26 Å². The molecule has 0 saturated carbocycles. The van der Waals surface area contributed by atoms with Crippen molar-refractivity contribution in [3.05, 3.63) is 34.5 Å². The Hall–Kier alpha value is -1.40. The fourth-order valence-corrected chi connectivity index (χ4v) is 2.38. The molecule has 0 radical (unpaired) electrons. The number of halogens is 1. The maximum atomic E-state index is 13.7. The Kier molecular flexibility index (Phi) is 2.22. The summed E-state index contributed by atoms with van der Waals surface area (Å²) in [6, 6.07) is 5.53. The molecule has 1 nitrogen and oxygen atoms in total. The molecule has 0 aliphatic heterocycles. The van der Waals surface area contributed by atoms with E-state index in [2.05, 4.69) is 6.07 Å². The van der Waals surface area contributed by atoms with Crippen LogP contribution in [0, 0.1) is 17.1 Å². The maximum absolute atomic E-state index is 13.7. The quantitative estimate of drug-likeness (QED) is 0.699. The minimum absolute atomic E-state index is 0.170. The van der Waals surface area contributed by atoms with Crippen LogP contribution in [0.4, 0.5) is 4.39 Å². The van der Waals surface area contributed by atoms with Gasteiger partial charge in [-0.15, -0.1) is 11.3 Å². The van der Waals surface area contributed by atoms with Crippen molar-refractivity contribution in [2.75, 3.05) is 0 Å². The molecular formula is C11H8FNS. The van der Waals surface area contributed by atoms with E-state index in [0.717, 1.165) is 5.39 Å². The van der Waals surface area contributed by atoms with E-state index in [1.165, 1.54) is 11.3 Å². The number of nitrogens with zero attached hydrogens (tertiary/aromatic N) is 1. The Morgan fingerprint density at radius 2 is 2.36 bits per heavy atom. The van der Waals surface area contributed by atoms with E-state index in [1.807, 2.05) is 12.3 Å². The predicted molar refractivity (Wildman–Crippen MR) is 55.9 cm³/mol. The van der Waals surface area contributed by atoms with Crippen molar-refractivity contribution in [3.8, 4) is 6.07 Å². The molecule has 3 heteroatoms. The number of nitriles is 1. The summed E-state index contributed by atoms with van der Waals surface area (Å²) < 4.78 is 14.3. The zero-order chi connectivity index (χ0) is 10.1. The van der Waals surface area contributed by atoms with Crippen LogP contribution in [0.3, 0.4) is 0 Å². The van der Waals surface area contributed by atoms with Crippen LogP contribution in [0.1, 0.15) is 18.1 Å². The predicted octanol–water partition coefficient (Wildman–Crippen LogP) is 3.47. The number of benzene rings is 1. The summed E-state index contributed by atoms with van der Waals surface area (Å²) in [7, 11) is 0. The monoisotopic (exact) mass is 205 g/mol. The van der Waals surface area contributed by atoms with Gasteiger partial charge < -0.3 is 0 Å². The Labute approximate surface area is 85.4 Å². The normalized spacial score (nSPS) is 10.4. The summed E-state index contributed by atoms with van der Waals surface area (Å²) in [4.78, 5) is 0. The molecule has 0 fully saturated rings. The molecule has 0 N–H and O–H groups in total. The lowest BCUT2D eigenvalue weighted by atomic mass is 10.1. The molecule has 0 amide bonds. The van der Waals surface area contributed by atoms with Gasteiger partial charge in [0.2, 0.25) is 0 Å². The molecule has 70 valence electrons. The zero-order valence-electron chi connectivity index (χ0n) is 7.67. The van der Waals surface area contributed by atoms with E-state index in [-0.39, 0.29) is 5.82 Å². The van der Waals surface area contributed by atoms with Gasteiger partial charge in [0, 0.05) is 5.39 Å². The van der Waals surface area contributed by atoms with Crippen molar-refractivity contribution in [3.63, 3.8) is 0 Å². The Balaban J connectivity index is 2.89. The number of hydrogen-bond donors (Lipinski definition) is 0. The van der Waals surface area contributed by atoms with Crippen molar-refractivity contribution in [2.45, 2.75) is 13.3 Å². The van der Waals surface area contributed by atoms with Crippen LogP contribution in [-0.4, -0.2) is 0 Å². The molecule has 1 aromatic heterocycles. The molecule has 2 aromatic rings. The third-order valence-corrected chi connectivity index (χ3v) is 3.16. The highest BCUT2D eigenvalue weighted by Crippen LogP contribution is 2.29. The minimum atomic E-state index is -0.170. The Morgan fingerprint density at radius 3 is 3.00 bits per heavy atom. The molecule has 0 atom stereocenters. The van der Waals surface area contributed by atoms with Gasteiger partial charge in [-0.1, -0.05) is 6.92 Å². The van der Waals surface area contributed by atoms with Crippen LogP contribution in [0.5, 0.6) is 0 Å². The van der Waals surface area contributed by atoms with E-state index in [9.17, 15) is 4.39 Å². The summed E-state index contributed by atoms with van der Waals surface area (Å²) in [5.74, 6) is -0.170. The largest absolute Gasteiger partial charge is 0.205 e. The first-order valence-electron chi connectivity index (χ1n) is 4.36. The van der Waals surface area contributed by atoms with Crippen LogP contribution in [0.25, 0.3) is 10.1 Å². The number of aryl methyl sites for hydroxylation is 1. The van der Waals surface area contributed by atoms with Gasteiger partial charge in [0.1, 0.15) is 5.82 Å². The second-order valence-electron chi connectivity index (χ2n) is 3.03. The molecule has 0 aliphatic carbocycles.